The Morgan fingerprint density at radius 2 is 2.00 bits per heavy atom. The van der Waals surface area contributed by atoms with Crippen molar-refractivity contribution in [2.45, 2.75) is 39.2 Å². The van der Waals surface area contributed by atoms with E-state index in [2.05, 4.69) is 30.2 Å². The van der Waals surface area contributed by atoms with Gasteiger partial charge < -0.3 is 19.9 Å². The Morgan fingerprint density at radius 3 is 2.69 bits per heavy atom. The van der Waals surface area contributed by atoms with E-state index in [0.717, 1.165) is 42.6 Å². The third-order valence-corrected chi connectivity index (χ3v) is 6.52. The molecule has 5 rings (SSSR count). The highest BCUT2D eigenvalue weighted by Gasteiger charge is 2.24. The van der Waals surface area contributed by atoms with Crippen LogP contribution in [0.15, 0.2) is 42.9 Å². The summed E-state index contributed by atoms with van der Waals surface area (Å²) < 4.78 is 19.3. The number of allylic oxidation sites excluding steroid dienone is 2. The summed E-state index contributed by atoms with van der Waals surface area (Å²) in [4.78, 5) is 30.7. The molecule has 8 nitrogen and oxygen atoms in total. The first-order valence-corrected chi connectivity index (χ1v) is 12.0. The van der Waals surface area contributed by atoms with Gasteiger partial charge in [0.15, 0.2) is 5.82 Å². The molecule has 1 fully saturated rings. The maximum atomic E-state index is 14.2. The van der Waals surface area contributed by atoms with Gasteiger partial charge in [-0.3, -0.25) is 4.79 Å². The van der Waals surface area contributed by atoms with Gasteiger partial charge in [0, 0.05) is 49.2 Å². The van der Waals surface area contributed by atoms with E-state index in [9.17, 15) is 9.18 Å². The molecule has 0 bridgehead atoms. The third kappa shape index (κ3) is 5.03. The molecule has 1 atom stereocenters. The number of carbonyl (C=O) groups is 1. The Labute approximate surface area is 203 Å². The van der Waals surface area contributed by atoms with Crippen LogP contribution in [0.25, 0.3) is 16.6 Å². The van der Waals surface area contributed by atoms with Crippen LogP contribution >= 0.6 is 0 Å². The molecule has 1 aromatic carbocycles. The molecular formula is C26H29FN6O2. The molecular weight excluding hydrogens is 447 g/mol. The zero-order valence-electron chi connectivity index (χ0n) is 19.9. The molecule has 2 N–H and O–H groups in total. The summed E-state index contributed by atoms with van der Waals surface area (Å²) in [6.45, 7) is 5.78. The van der Waals surface area contributed by atoms with Gasteiger partial charge in [-0.1, -0.05) is 12.2 Å². The fourth-order valence-electron chi connectivity index (χ4n) is 4.63. The molecule has 0 saturated carbocycles. The van der Waals surface area contributed by atoms with E-state index in [0.29, 0.717) is 41.8 Å². The predicted octanol–water partition coefficient (Wildman–Crippen LogP) is 4.21. The summed E-state index contributed by atoms with van der Waals surface area (Å²) in [6.07, 6.45) is 11.9. The van der Waals surface area contributed by atoms with Crippen molar-refractivity contribution in [1.82, 2.24) is 25.3 Å². The molecule has 9 heteroatoms. The third-order valence-electron chi connectivity index (χ3n) is 6.52. The number of esters is 1. The summed E-state index contributed by atoms with van der Waals surface area (Å²) in [5, 5.41) is 3.35. The molecule has 2 aliphatic rings. The van der Waals surface area contributed by atoms with Crippen LogP contribution in [0.4, 0.5) is 10.3 Å². The molecule has 0 aliphatic carbocycles. The smallest absolute Gasteiger partial charge is 0.306 e. The number of dihydropyridines is 1. The summed E-state index contributed by atoms with van der Waals surface area (Å²) in [5.41, 5.74) is 3.67. The number of hydrogen-bond donors (Lipinski definition) is 2. The van der Waals surface area contributed by atoms with Gasteiger partial charge in [0.2, 0.25) is 5.95 Å². The van der Waals surface area contributed by atoms with Crippen molar-refractivity contribution < 1.29 is 13.9 Å². The summed E-state index contributed by atoms with van der Waals surface area (Å²) >= 11 is 0. The molecule has 35 heavy (non-hydrogen) atoms. The van der Waals surface area contributed by atoms with Crippen LogP contribution in [0.5, 0.6) is 0 Å². The van der Waals surface area contributed by atoms with Gasteiger partial charge in [-0.05, 0) is 50.3 Å². The summed E-state index contributed by atoms with van der Waals surface area (Å²) in [5.74, 6) is 1.24. The molecule has 1 unspecified atom stereocenters. The zero-order valence-corrected chi connectivity index (χ0v) is 19.9. The minimum absolute atomic E-state index is 0.0635. The highest BCUT2D eigenvalue weighted by atomic mass is 19.1. The zero-order chi connectivity index (χ0) is 24.4. The van der Waals surface area contributed by atoms with Crippen LogP contribution in [-0.4, -0.2) is 45.6 Å². The lowest BCUT2D eigenvalue weighted by Crippen LogP contribution is -2.35. The number of nitrogens with one attached hydrogen (secondary N) is 2. The largest absolute Gasteiger partial charge is 0.466 e. The van der Waals surface area contributed by atoms with Crippen LogP contribution in [-0.2, 0) is 9.53 Å². The summed E-state index contributed by atoms with van der Waals surface area (Å²) in [7, 11) is 0. The quantitative estimate of drug-likeness (QED) is 0.515. The van der Waals surface area contributed by atoms with E-state index in [1.54, 1.807) is 0 Å². The van der Waals surface area contributed by atoms with E-state index < -0.39 is 0 Å². The normalized spacial score (nSPS) is 18.4. The number of halogens is 1. The molecule has 0 amide bonds. The Kier molecular flexibility index (Phi) is 6.48. The molecule has 3 aromatic rings. The molecule has 4 heterocycles. The number of fused-ring (bicyclic) bond motifs is 1. The van der Waals surface area contributed by atoms with Gasteiger partial charge in [0.1, 0.15) is 11.3 Å². The number of hydrogen-bond acceptors (Lipinski definition) is 7. The Bertz CT molecular complexity index is 1270. The van der Waals surface area contributed by atoms with Gasteiger partial charge in [0.05, 0.1) is 18.2 Å². The van der Waals surface area contributed by atoms with Gasteiger partial charge in [0.25, 0.3) is 0 Å². The average molecular weight is 477 g/mol. The van der Waals surface area contributed by atoms with Crippen LogP contribution in [0, 0.1) is 18.7 Å². The number of carbonyl (C=O) groups excluding carboxylic acids is 1. The topological polar surface area (TPSA) is 96.0 Å². The Morgan fingerprint density at radius 1 is 1.23 bits per heavy atom. The van der Waals surface area contributed by atoms with E-state index in [-0.39, 0.29) is 17.8 Å². The van der Waals surface area contributed by atoms with E-state index in [4.69, 9.17) is 4.74 Å². The number of aromatic amines is 1. The number of imidazole rings is 1. The SMILES string of the molecule is CCOC(=O)CC1CCN(c2ncc(C3C=CC(c4nc5c(F)cc(C)cc5[nH]4)=CN3)cn2)CC1. The lowest BCUT2D eigenvalue weighted by Gasteiger charge is -2.31. The van der Waals surface area contributed by atoms with Crippen molar-refractivity contribution in [2.75, 3.05) is 24.6 Å². The highest BCUT2D eigenvalue weighted by molar-refractivity contribution is 5.82. The van der Waals surface area contributed by atoms with Crippen molar-refractivity contribution in [3.63, 3.8) is 0 Å². The predicted molar refractivity (Wildman–Crippen MR) is 132 cm³/mol. The molecule has 0 spiro atoms. The molecule has 2 aromatic heterocycles. The highest BCUT2D eigenvalue weighted by Crippen LogP contribution is 2.27. The average Bonchev–Trinajstić information content (AvgIpc) is 3.29. The molecule has 2 aliphatic heterocycles. The number of benzene rings is 1. The number of H-pyrrole nitrogens is 1. The van der Waals surface area contributed by atoms with Crippen molar-refractivity contribution >= 4 is 28.5 Å². The minimum atomic E-state index is -0.325. The first-order chi connectivity index (χ1) is 17.0. The second kappa shape index (κ2) is 9.85. The van der Waals surface area contributed by atoms with Crippen molar-refractivity contribution in [3.05, 3.63) is 65.6 Å². The van der Waals surface area contributed by atoms with Crippen molar-refractivity contribution in [2.24, 2.45) is 5.92 Å². The maximum absolute atomic E-state index is 14.2. The van der Waals surface area contributed by atoms with Crippen LogP contribution < -0.4 is 10.2 Å². The van der Waals surface area contributed by atoms with Crippen LogP contribution in [0.3, 0.4) is 0 Å². The first-order valence-electron chi connectivity index (χ1n) is 12.0. The monoisotopic (exact) mass is 476 g/mol. The lowest BCUT2D eigenvalue weighted by molar-refractivity contribution is -0.144. The van der Waals surface area contributed by atoms with E-state index in [1.165, 1.54) is 6.07 Å². The van der Waals surface area contributed by atoms with Crippen molar-refractivity contribution in [3.8, 4) is 0 Å². The second-order valence-electron chi connectivity index (χ2n) is 9.09. The van der Waals surface area contributed by atoms with Gasteiger partial charge in [-0.2, -0.15) is 0 Å². The lowest BCUT2D eigenvalue weighted by atomic mass is 9.94. The molecule has 182 valence electrons. The fourth-order valence-corrected chi connectivity index (χ4v) is 4.63. The summed E-state index contributed by atoms with van der Waals surface area (Å²) in [6, 6.07) is 3.31. The Balaban J connectivity index is 1.19. The second-order valence-corrected chi connectivity index (χ2v) is 9.09. The minimum Gasteiger partial charge on any atom is -0.466 e. The standard InChI is InChI=1S/C26H29FN6O2/c1-3-35-23(34)12-17-6-8-33(9-7-17)26-29-14-19(15-30-26)21-5-4-18(13-28-21)25-31-22-11-16(2)10-20(27)24(22)32-25/h4-5,10-11,13-15,17,21,28H,3,6-9,12H2,1-2H3,(H,31,32). The number of nitrogens with zero attached hydrogens (tertiary/aromatic N) is 4. The maximum Gasteiger partial charge on any atom is 0.306 e. The number of aromatic nitrogens is 4. The van der Waals surface area contributed by atoms with Gasteiger partial charge in [-0.15, -0.1) is 0 Å². The van der Waals surface area contributed by atoms with Crippen molar-refractivity contribution in [1.29, 1.82) is 0 Å². The van der Waals surface area contributed by atoms with Crippen LogP contribution in [0.2, 0.25) is 0 Å². The van der Waals surface area contributed by atoms with E-state index >= 15 is 0 Å². The van der Waals surface area contributed by atoms with E-state index in [1.807, 2.05) is 50.7 Å². The first kappa shape index (κ1) is 23.0. The Hall–Kier alpha value is -3.75. The van der Waals surface area contributed by atoms with Gasteiger partial charge in [-0.25, -0.2) is 19.3 Å². The van der Waals surface area contributed by atoms with Crippen LogP contribution in [0.1, 0.15) is 49.2 Å². The number of rotatable bonds is 6. The molecule has 0 radical (unpaired) electrons. The van der Waals surface area contributed by atoms with Gasteiger partial charge >= 0.3 is 5.97 Å². The number of aryl methyl sites for hydroxylation is 1. The molecule has 1 saturated heterocycles. The fraction of sp³-hybridized carbons (Fsp3) is 0.385. The number of ether oxygens (including phenoxy) is 1. The number of anilines is 1. The number of piperidine rings is 1.